The number of pyridine rings is 1. The molecule has 0 aromatic carbocycles. The topological polar surface area (TPSA) is 63.0 Å². The minimum atomic E-state index is 0.868. The molecule has 1 saturated heterocycles. The molecule has 0 unspecified atom stereocenters. The Hall–Kier alpha value is -2.22. The molecule has 8 heteroatoms. The standard InChI is InChI=1S/C15H16BrN7/c1-21-14-12(9-20-21)15(19-10-18-14)23-6-4-22(5-7-23)13-3-2-11(16)8-17-13/h2-3,8-10H,4-7H2,1H3. The minimum Gasteiger partial charge on any atom is -0.353 e. The van der Waals surface area contributed by atoms with Gasteiger partial charge in [-0.05, 0) is 28.1 Å². The third-order valence-electron chi connectivity index (χ3n) is 4.12. The van der Waals surface area contributed by atoms with Crippen LogP contribution in [0.4, 0.5) is 11.6 Å². The number of piperazine rings is 1. The highest BCUT2D eigenvalue weighted by atomic mass is 79.9. The van der Waals surface area contributed by atoms with E-state index in [-0.39, 0.29) is 0 Å². The third-order valence-corrected chi connectivity index (χ3v) is 4.59. The average molecular weight is 374 g/mol. The van der Waals surface area contributed by atoms with Crippen LogP contribution in [0.1, 0.15) is 0 Å². The van der Waals surface area contributed by atoms with Crippen LogP contribution in [0.3, 0.4) is 0 Å². The Morgan fingerprint density at radius 1 is 0.957 bits per heavy atom. The van der Waals surface area contributed by atoms with Gasteiger partial charge in [-0.3, -0.25) is 4.68 Å². The Morgan fingerprint density at radius 3 is 2.48 bits per heavy atom. The summed E-state index contributed by atoms with van der Waals surface area (Å²) in [6.07, 6.45) is 5.29. The maximum Gasteiger partial charge on any atom is 0.163 e. The molecule has 0 atom stereocenters. The lowest BCUT2D eigenvalue weighted by Gasteiger charge is -2.36. The van der Waals surface area contributed by atoms with E-state index in [2.05, 4.69) is 45.8 Å². The molecule has 1 aliphatic heterocycles. The zero-order valence-electron chi connectivity index (χ0n) is 12.7. The van der Waals surface area contributed by atoms with Crippen molar-refractivity contribution < 1.29 is 0 Å². The first-order valence-electron chi connectivity index (χ1n) is 7.46. The molecule has 3 aromatic rings. The predicted octanol–water partition coefficient (Wildman–Crippen LogP) is 1.85. The number of hydrogen-bond donors (Lipinski definition) is 0. The van der Waals surface area contributed by atoms with Gasteiger partial charge in [-0.1, -0.05) is 0 Å². The van der Waals surface area contributed by atoms with Crippen LogP contribution in [0.5, 0.6) is 0 Å². The van der Waals surface area contributed by atoms with Crippen molar-refractivity contribution >= 4 is 38.6 Å². The quantitative estimate of drug-likeness (QED) is 0.682. The Balaban J connectivity index is 1.54. The van der Waals surface area contributed by atoms with E-state index in [1.165, 1.54) is 0 Å². The average Bonchev–Trinajstić information content (AvgIpc) is 2.97. The molecule has 7 nitrogen and oxygen atoms in total. The van der Waals surface area contributed by atoms with Gasteiger partial charge in [-0.15, -0.1) is 0 Å². The summed E-state index contributed by atoms with van der Waals surface area (Å²) >= 11 is 3.42. The Morgan fingerprint density at radius 2 is 1.74 bits per heavy atom. The van der Waals surface area contributed by atoms with Crippen LogP contribution >= 0.6 is 15.9 Å². The summed E-state index contributed by atoms with van der Waals surface area (Å²) in [6, 6.07) is 4.07. The largest absolute Gasteiger partial charge is 0.353 e. The molecule has 0 bridgehead atoms. The first-order valence-corrected chi connectivity index (χ1v) is 8.26. The van der Waals surface area contributed by atoms with Crippen LogP contribution in [0.15, 0.2) is 35.3 Å². The second-order valence-electron chi connectivity index (χ2n) is 5.51. The van der Waals surface area contributed by atoms with E-state index < -0.39 is 0 Å². The van der Waals surface area contributed by atoms with Crippen molar-refractivity contribution in [1.29, 1.82) is 0 Å². The van der Waals surface area contributed by atoms with Gasteiger partial charge in [0.15, 0.2) is 5.65 Å². The van der Waals surface area contributed by atoms with Gasteiger partial charge in [-0.25, -0.2) is 15.0 Å². The van der Waals surface area contributed by atoms with Crippen molar-refractivity contribution in [3.05, 3.63) is 35.3 Å². The molecule has 4 rings (SSSR count). The van der Waals surface area contributed by atoms with E-state index in [0.29, 0.717) is 0 Å². The fourth-order valence-electron chi connectivity index (χ4n) is 2.90. The summed E-state index contributed by atoms with van der Waals surface area (Å²) in [5.74, 6) is 1.98. The van der Waals surface area contributed by atoms with E-state index in [0.717, 1.165) is 53.3 Å². The second-order valence-corrected chi connectivity index (χ2v) is 6.43. The fourth-order valence-corrected chi connectivity index (χ4v) is 3.14. The van der Waals surface area contributed by atoms with Crippen molar-refractivity contribution in [3.8, 4) is 0 Å². The van der Waals surface area contributed by atoms with Crippen LogP contribution in [0.25, 0.3) is 11.0 Å². The van der Waals surface area contributed by atoms with Gasteiger partial charge >= 0.3 is 0 Å². The molecule has 118 valence electrons. The number of anilines is 2. The lowest BCUT2D eigenvalue weighted by atomic mass is 10.2. The number of nitrogens with zero attached hydrogens (tertiary/aromatic N) is 7. The van der Waals surface area contributed by atoms with Gasteiger partial charge in [0, 0.05) is 43.9 Å². The molecule has 0 aliphatic carbocycles. The smallest absolute Gasteiger partial charge is 0.163 e. The number of halogens is 1. The van der Waals surface area contributed by atoms with Gasteiger partial charge in [0.1, 0.15) is 18.0 Å². The lowest BCUT2D eigenvalue weighted by molar-refractivity contribution is 0.643. The zero-order valence-corrected chi connectivity index (χ0v) is 14.3. The summed E-state index contributed by atoms with van der Waals surface area (Å²) in [5.41, 5.74) is 0.868. The monoisotopic (exact) mass is 373 g/mol. The Bertz CT molecular complexity index is 821. The first kappa shape index (κ1) is 14.4. The van der Waals surface area contributed by atoms with Crippen molar-refractivity contribution in [1.82, 2.24) is 24.7 Å². The molecular formula is C15H16BrN7. The summed E-state index contributed by atoms with van der Waals surface area (Å²) < 4.78 is 2.78. The van der Waals surface area contributed by atoms with Crippen LogP contribution in [-0.2, 0) is 7.05 Å². The zero-order chi connectivity index (χ0) is 15.8. The molecule has 0 N–H and O–H groups in total. The van der Waals surface area contributed by atoms with Crippen LogP contribution in [0.2, 0.25) is 0 Å². The van der Waals surface area contributed by atoms with Gasteiger partial charge < -0.3 is 9.80 Å². The summed E-state index contributed by atoms with van der Waals surface area (Å²) in [4.78, 5) is 17.8. The SMILES string of the molecule is Cn1ncc2c(N3CCN(c4ccc(Br)cn4)CC3)ncnc21. The van der Waals surface area contributed by atoms with E-state index >= 15 is 0 Å². The fraction of sp³-hybridized carbons (Fsp3) is 0.333. The van der Waals surface area contributed by atoms with Gasteiger partial charge in [0.25, 0.3) is 0 Å². The van der Waals surface area contributed by atoms with Gasteiger partial charge in [0.05, 0.1) is 11.6 Å². The number of aromatic nitrogens is 5. The molecule has 0 saturated carbocycles. The van der Waals surface area contributed by atoms with Crippen molar-refractivity contribution in [2.45, 2.75) is 0 Å². The molecule has 23 heavy (non-hydrogen) atoms. The second kappa shape index (κ2) is 5.77. The number of aryl methyl sites for hydroxylation is 1. The molecule has 3 aromatic heterocycles. The van der Waals surface area contributed by atoms with E-state index in [1.807, 2.05) is 31.6 Å². The third kappa shape index (κ3) is 2.63. The molecule has 0 radical (unpaired) electrons. The maximum atomic E-state index is 4.47. The molecule has 0 spiro atoms. The van der Waals surface area contributed by atoms with Crippen LogP contribution < -0.4 is 9.80 Å². The van der Waals surface area contributed by atoms with Crippen molar-refractivity contribution in [2.24, 2.45) is 7.05 Å². The molecule has 1 aliphatic rings. The van der Waals surface area contributed by atoms with Crippen molar-refractivity contribution in [2.75, 3.05) is 36.0 Å². The van der Waals surface area contributed by atoms with Crippen LogP contribution in [0, 0.1) is 0 Å². The molecule has 4 heterocycles. The van der Waals surface area contributed by atoms with Crippen LogP contribution in [-0.4, -0.2) is 50.9 Å². The van der Waals surface area contributed by atoms with Crippen molar-refractivity contribution in [3.63, 3.8) is 0 Å². The van der Waals surface area contributed by atoms with Gasteiger partial charge in [-0.2, -0.15) is 5.10 Å². The summed E-state index contributed by atoms with van der Waals surface area (Å²) in [5, 5.41) is 5.29. The molecule has 1 fully saturated rings. The highest BCUT2D eigenvalue weighted by Crippen LogP contribution is 2.24. The van der Waals surface area contributed by atoms with E-state index in [1.54, 1.807) is 11.0 Å². The highest BCUT2D eigenvalue weighted by Gasteiger charge is 2.21. The highest BCUT2D eigenvalue weighted by molar-refractivity contribution is 9.10. The molecular weight excluding hydrogens is 358 g/mol. The predicted molar refractivity (Wildman–Crippen MR) is 92.7 cm³/mol. The van der Waals surface area contributed by atoms with E-state index in [9.17, 15) is 0 Å². The maximum absolute atomic E-state index is 4.47. The van der Waals surface area contributed by atoms with Gasteiger partial charge in [0.2, 0.25) is 0 Å². The normalized spacial score (nSPS) is 15.4. The first-order chi connectivity index (χ1) is 11.2. The lowest BCUT2D eigenvalue weighted by Crippen LogP contribution is -2.47. The minimum absolute atomic E-state index is 0.868. The summed E-state index contributed by atoms with van der Waals surface area (Å²) in [6.45, 7) is 3.64. The molecule has 0 amide bonds. The number of fused-ring (bicyclic) bond motifs is 1. The number of rotatable bonds is 2. The van der Waals surface area contributed by atoms with E-state index in [4.69, 9.17) is 0 Å². The Labute approximate surface area is 142 Å². The Kier molecular flexibility index (Phi) is 3.60. The summed E-state index contributed by atoms with van der Waals surface area (Å²) in [7, 11) is 1.90. The number of hydrogen-bond acceptors (Lipinski definition) is 6.